The third-order valence-electron chi connectivity index (χ3n) is 6.24. The highest BCUT2D eigenvalue weighted by molar-refractivity contribution is 6.01. The molecule has 1 heterocycles. The normalized spacial score (nSPS) is 17.3. The van der Waals surface area contributed by atoms with Gasteiger partial charge in [-0.25, -0.2) is 4.39 Å². The molecule has 0 N–H and O–H groups in total. The van der Waals surface area contributed by atoms with Gasteiger partial charge < -0.3 is 4.90 Å². The quantitative estimate of drug-likeness (QED) is 0.647. The third kappa shape index (κ3) is 5.01. The molecule has 0 bridgehead atoms. The largest absolute Gasteiger partial charge is 0.331 e. The number of rotatable bonds is 6. The van der Waals surface area contributed by atoms with Crippen LogP contribution in [0, 0.1) is 5.82 Å². The minimum absolute atomic E-state index is 0.0453. The summed E-state index contributed by atoms with van der Waals surface area (Å²) in [6, 6.07) is 13.6. The second-order valence-corrected chi connectivity index (χ2v) is 8.42. The lowest BCUT2D eigenvalue weighted by Crippen LogP contribution is -2.41. The van der Waals surface area contributed by atoms with E-state index in [9.17, 15) is 18.8 Å². The molecule has 31 heavy (non-hydrogen) atoms. The fourth-order valence-electron chi connectivity index (χ4n) is 4.45. The zero-order chi connectivity index (χ0) is 21.8. The molecule has 1 aliphatic carbocycles. The molecular weight excluding hydrogens is 395 g/mol. The molecule has 1 saturated heterocycles. The molecule has 1 aliphatic heterocycles. The van der Waals surface area contributed by atoms with Crippen molar-refractivity contribution in [2.75, 3.05) is 0 Å². The Bertz CT molecular complexity index is 934. The van der Waals surface area contributed by atoms with Gasteiger partial charge in [0.05, 0.1) is 6.54 Å². The highest BCUT2D eigenvalue weighted by Gasteiger charge is 2.29. The van der Waals surface area contributed by atoms with E-state index in [4.69, 9.17) is 0 Å². The summed E-state index contributed by atoms with van der Waals surface area (Å²) in [7, 11) is 0. The van der Waals surface area contributed by atoms with Crippen LogP contribution in [-0.2, 0) is 22.7 Å². The average Bonchev–Trinajstić information content (AvgIpc) is 3.11. The Balaban J connectivity index is 1.50. The molecule has 0 unspecified atom stereocenters. The summed E-state index contributed by atoms with van der Waals surface area (Å²) in [6.45, 7) is 0.691. The van der Waals surface area contributed by atoms with Gasteiger partial charge in [-0.3, -0.25) is 19.3 Å². The van der Waals surface area contributed by atoms with Crippen LogP contribution < -0.4 is 0 Å². The van der Waals surface area contributed by atoms with Gasteiger partial charge in [0.1, 0.15) is 5.82 Å². The first-order valence-corrected chi connectivity index (χ1v) is 11.0. The van der Waals surface area contributed by atoms with E-state index < -0.39 is 0 Å². The number of hydrogen-bond acceptors (Lipinski definition) is 3. The summed E-state index contributed by atoms with van der Waals surface area (Å²) < 4.78 is 13.3. The summed E-state index contributed by atoms with van der Waals surface area (Å²) in [6.07, 6.45) is 5.90. The predicted octanol–water partition coefficient (Wildman–Crippen LogP) is 4.45. The van der Waals surface area contributed by atoms with Crippen LogP contribution in [0.25, 0.3) is 0 Å². The molecule has 0 aromatic heterocycles. The lowest BCUT2D eigenvalue weighted by atomic mass is 9.93. The third-order valence-corrected chi connectivity index (χ3v) is 6.24. The van der Waals surface area contributed by atoms with Crippen molar-refractivity contribution >= 4 is 17.7 Å². The van der Waals surface area contributed by atoms with Gasteiger partial charge in [0.15, 0.2) is 0 Å². The SMILES string of the molecule is O=C1CCC(=O)N1Cc1ccc(C(=O)N(Cc2ccc(F)cc2)C2CCCCC2)cc1. The lowest BCUT2D eigenvalue weighted by molar-refractivity contribution is -0.139. The van der Waals surface area contributed by atoms with Crippen molar-refractivity contribution in [3.8, 4) is 0 Å². The molecule has 5 nitrogen and oxygen atoms in total. The Hall–Kier alpha value is -3.02. The van der Waals surface area contributed by atoms with Crippen LogP contribution in [0.15, 0.2) is 48.5 Å². The Kier molecular flexibility index (Phi) is 6.44. The van der Waals surface area contributed by atoms with E-state index in [0.717, 1.165) is 36.8 Å². The van der Waals surface area contributed by atoms with E-state index in [0.29, 0.717) is 12.1 Å². The molecule has 6 heteroatoms. The van der Waals surface area contributed by atoms with E-state index in [1.165, 1.54) is 23.5 Å². The van der Waals surface area contributed by atoms with Crippen molar-refractivity contribution in [1.82, 2.24) is 9.80 Å². The molecule has 0 spiro atoms. The zero-order valence-electron chi connectivity index (χ0n) is 17.6. The molecule has 2 aromatic carbocycles. The number of likely N-dealkylation sites (tertiary alicyclic amines) is 1. The molecule has 2 aromatic rings. The van der Waals surface area contributed by atoms with Crippen molar-refractivity contribution < 1.29 is 18.8 Å². The maximum absolute atomic E-state index is 13.4. The van der Waals surface area contributed by atoms with Crippen LogP contribution in [0.2, 0.25) is 0 Å². The van der Waals surface area contributed by atoms with E-state index in [1.54, 1.807) is 24.3 Å². The van der Waals surface area contributed by atoms with Gasteiger partial charge in [-0.2, -0.15) is 0 Å². The number of carbonyl (C=O) groups is 3. The Morgan fingerprint density at radius 2 is 1.45 bits per heavy atom. The Morgan fingerprint density at radius 3 is 2.06 bits per heavy atom. The Morgan fingerprint density at radius 1 is 0.871 bits per heavy atom. The number of carbonyl (C=O) groups excluding carboxylic acids is 3. The van der Waals surface area contributed by atoms with Gasteiger partial charge in [0.25, 0.3) is 5.91 Å². The maximum atomic E-state index is 13.4. The van der Waals surface area contributed by atoms with E-state index in [1.807, 2.05) is 17.0 Å². The smallest absolute Gasteiger partial charge is 0.254 e. The predicted molar refractivity (Wildman–Crippen MR) is 114 cm³/mol. The molecule has 4 rings (SSSR count). The van der Waals surface area contributed by atoms with Crippen molar-refractivity contribution in [2.24, 2.45) is 0 Å². The van der Waals surface area contributed by atoms with Gasteiger partial charge >= 0.3 is 0 Å². The summed E-state index contributed by atoms with van der Waals surface area (Å²) >= 11 is 0. The number of amides is 3. The molecule has 162 valence electrons. The van der Waals surface area contributed by atoms with Crippen LogP contribution in [0.3, 0.4) is 0 Å². The first-order valence-electron chi connectivity index (χ1n) is 11.0. The van der Waals surface area contributed by atoms with Gasteiger partial charge in [0.2, 0.25) is 11.8 Å². The highest BCUT2D eigenvalue weighted by atomic mass is 19.1. The average molecular weight is 423 g/mol. The minimum Gasteiger partial charge on any atom is -0.331 e. The number of hydrogen-bond donors (Lipinski definition) is 0. The summed E-state index contributed by atoms with van der Waals surface area (Å²) in [5, 5.41) is 0. The van der Waals surface area contributed by atoms with Crippen molar-refractivity contribution in [3.05, 3.63) is 71.0 Å². The molecule has 2 fully saturated rings. The van der Waals surface area contributed by atoms with Crippen molar-refractivity contribution in [1.29, 1.82) is 0 Å². The molecule has 3 amide bonds. The van der Waals surface area contributed by atoms with Crippen molar-refractivity contribution in [2.45, 2.75) is 64.1 Å². The fourth-order valence-corrected chi connectivity index (χ4v) is 4.45. The molecule has 2 aliphatic rings. The highest BCUT2D eigenvalue weighted by Crippen LogP contribution is 2.26. The van der Waals surface area contributed by atoms with Crippen LogP contribution in [0.5, 0.6) is 0 Å². The van der Waals surface area contributed by atoms with Crippen LogP contribution >= 0.6 is 0 Å². The summed E-state index contributed by atoms with van der Waals surface area (Å²) in [4.78, 5) is 40.3. The van der Waals surface area contributed by atoms with Gasteiger partial charge in [-0.05, 0) is 48.2 Å². The number of benzene rings is 2. The van der Waals surface area contributed by atoms with Gasteiger partial charge in [0, 0.05) is 31.0 Å². The van der Waals surface area contributed by atoms with E-state index >= 15 is 0 Å². The topological polar surface area (TPSA) is 57.7 Å². The fraction of sp³-hybridized carbons (Fsp3) is 0.400. The number of imide groups is 1. The van der Waals surface area contributed by atoms with Crippen LogP contribution in [-0.4, -0.2) is 33.6 Å². The molecular formula is C25H27FN2O3. The number of nitrogens with zero attached hydrogens (tertiary/aromatic N) is 2. The second kappa shape index (κ2) is 9.41. The monoisotopic (exact) mass is 422 g/mol. The van der Waals surface area contributed by atoms with E-state index in [-0.39, 0.29) is 49.0 Å². The minimum atomic E-state index is -0.287. The second-order valence-electron chi connectivity index (χ2n) is 8.42. The first-order chi connectivity index (χ1) is 15.0. The molecule has 0 atom stereocenters. The molecule has 0 radical (unpaired) electrons. The molecule has 1 saturated carbocycles. The lowest BCUT2D eigenvalue weighted by Gasteiger charge is -2.34. The van der Waals surface area contributed by atoms with Gasteiger partial charge in [-0.15, -0.1) is 0 Å². The summed E-state index contributed by atoms with van der Waals surface area (Å²) in [5.74, 6) is -0.623. The van der Waals surface area contributed by atoms with Gasteiger partial charge in [-0.1, -0.05) is 43.5 Å². The maximum Gasteiger partial charge on any atom is 0.254 e. The Labute approximate surface area is 181 Å². The van der Waals surface area contributed by atoms with Crippen LogP contribution in [0.4, 0.5) is 4.39 Å². The van der Waals surface area contributed by atoms with E-state index in [2.05, 4.69) is 0 Å². The number of halogens is 1. The first kappa shape index (κ1) is 21.2. The van der Waals surface area contributed by atoms with Crippen molar-refractivity contribution in [3.63, 3.8) is 0 Å². The summed E-state index contributed by atoms with van der Waals surface area (Å²) in [5.41, 5.74) is 2.31. The van der Waals surface area contributed by atoms with Crippen LogP contribution in [0.1, 0.15) is 66.4 Å². The standard InChI is InChI=1S/C25H27FN2O3/c26-21-12-8-19(9-13-21)16-27(22-4-2-1-3-5-22)25(31)20-10-6-18(7-11-20)17-28-23(29)14-15-24(28)30/h6-13,22H,1-5,14-17H2. The zero-order valence-corrected chi connectivity index (χ0v) is 17.6.